The van der Waals surface area contributed by atoms with Crippen LogP contribution in [0.1, 0.15) is 18.4 Å². The molecule has 1 aliphatic carbocycles. The fourth-order valence-corrected chi connectivity index (χ4v) is 2.00. The Morgan fingerprint density at radius 2 is 2.24 bits per heavy atom. The maximum absolute atomic E-state index is 11.7. The zero-order valence-corrected chi connectivity index (χ0v) is 10.4. The van der Waals surface area contributed by atoms with Gasteiger partial charge in [0.1, 0.15) is 11.6 Å². The first kappa shape index (κ1) is 12.2. The summed E-state index contributed by atoms with van der Waals surface area (Å²) < 4.78 is 0. The number of amides is 1. The summed E-state index contributed by atoms with van der Waals surface area (Å²) in [5.41, 5.74) is 0.934. The molecule has 0 atom stereocenters. The standard InChI is InChI=1S/C13H16ClNO2/c14-7-13(17)15(8-10-4-5-10)9-11-2-1-3-12(16)6-11/h1-3,6,10,16H,4-5,7-9H2. The Morgan fingerprint density at radius 1 is 1.47 bits per heavy atom. The van der Waals surface area contributed by atoms with Crippen molar-refractivity contribution in [2.24, 2.45) is 5.92 Å². The summed E-state index contributed by atoms with van der Waals surface area (Å²) in [6.07, 6.45) is 2.40. The molecule has 0 spiro atoms. The molecule has 0 radical (unpaired) electrons. The molecule has 2 rings (SSSR count). The lowest BCUT2D eigenvalue weighted by Gasteiger charge is -2.21. The van der Waals surface area contributed by atoms with Gasteiger partial charge in [-0.2, -0.15) is 0 Å². The molecule has 92 valence electrons. The van der Waals surface area contributed by atoms with E-state index < -0.39 is 0 Å². The predicted molar refractivity (Wildman–Crippen MR) is 67.0 cm³/mol. The molecular formula is C13H16ClNO2. The third-order valence-corrected chi connectivity index (χ3v) is 3.16. The Bertz CT molecular complexity index is 404. The van der Waals surface area contributed by atoms with Gasteiger partial charge < -0.3 is 10.0 Å². The normalized spacial score (nSPS) is 14.6. The lowest BCUT2D eigenvalue weighted by atomic mass is 10.2. The second-order valence-corrected chi connectivity index (χ2v) is 4.79. The van der Waals surface area contributed by atoms with Crippen LogP contribution in [-0.2, 0) is 11.3 Å². The van der Waals surface area contributed by atoms with Crippen LogP contribution in [0, 0.1) is 5.92 Å². The molecule has 1 saturated carbocycles. The van der Waals surface area contributed by atoms with Crippen LogP contribution in [-0.4, -0.2) is 28.3 Å². The van der Waals surface area contributed by atoms with Gasteiger partial charge in [0.15, 0.2) is 0 Å². The maximum Gasteiger partial charge on any atom is 0.237 e. The molecule has 0 aliphatic heterocycles. The third kappa shape index (κ3) is 3.63. The Hall–Kier alpha value is -1.22. The minimum absolute atomic E-state index is 0.0194. The monoisotopic (exact) mass is 253 g/mol. The predicted octanol–water partition coefficient (Wildman–Crippen LogP) is 2.37. The molecule has 0 heterocycles. The van der Waals surface area contributed by atoms with Gasteiger partial charge in [0, 0.05) is 13.1 Å². The van der Waals surface area contributed by atoms with Gasteiger partial charge in [0.25, 0.3) is 0 Å². The quantitative estimate of drug-likeness (QED) is 0.819. The number of hydrogen-bond acceptors (Lipinski definition) is 2. The van der Waals surface area contributed by atoms with Crippen LogP contribution in [0.25, 0.3) is 0 Å². The second kappa shape index (κ2) is 5.41. The van der Waals surface area contributed by atoms with Gasteiger partial charge in [0.05, 0.1) is 0 Å². The van der Waals surface area contributed by atoms with E-state index in [2.05, 4.69) is 0 Å². The van der Waals surface area contributed by atoms with E-state index in [1.165, 1.54) is 12.8 Å². The first-order valence-corrected chi connectivity index (χ1v) is 6.34. The summed E-state index contributed by atoms with van der Waals surface area (Å²) in [5, 5.41) is 9.39. The fraction of sp³-hybridized carbons (Fsp3) is 0.462. The third-order valence-electron chi connectivity index (χ3n) is 2.93. The second-order valence-electron chi connectivity index (χ2n) is 4.52. The molecule has 1 N–H and O–H groups in total. The van der Waals surface area contributed by atoms with Crippen molar-refractivity contribution < 1.29 is 9.90 Å². The van der Waals surface area contributed by atoms with E-state index in [0.717, 1.165) is 12.1 Å². The number of carbonyl (C=O) groups is 1. The highest BCUT2D eigenvalue weighted by atomic mass is 35.5. The molecule has 0 saturated heterocycles. The number of rotatable bonds is 5. The Kier molecular flexibility index (Phi) is 3.89. The lowest BCUT2D eigenvalue weighted by molar-refractivity contribution is -0.129. The van der Waals surface area contributed by atoms with Gasteiger partial charge >= 0.3 is 0 Å². The number of alkyl halides is 1. The largest absolute Gasteiger partial charge is 0.508 e. The number of phenols is 1. The molecule has 1 amide bonds. The van der Waals surface area contributed by atoms with Gasteiger partial charge in [0.2, 0.25) is 5.91 Å². The molecule has 1 aromatic rings. The minimum atomic E-state index is -0.0399. The average Bonchev–Trinajstić information content (AvgIpc) is 3.11. The van der Waals surface area contributed by atoms with Crippen molar-refractivity contribution in [2.75, 3.05) is 12.4 Å². The number of halogens is 1. The van der Waals surface area contributed by atoms with Crippen LogP contribution < -0.4 is 0 Å². The molecule has 1 aliphatic rings. The zero-order chi connectivity index (χ0) is 12.3. The number of hydrogen-bond donors (Lipinski definition) is 1. The van der Waals surface area contributed by atoms with Crippen LogP contribution in [0.15, 0.2) is 24.3 Å². The van der Waals surface area contributed by atoms with Gasteiger partial charge in [-0.1, -0.05) is 12.1 Å². The minimum Gasteiger partial charge on any atom is -0.508 e. The van der Waals surface area contributed by atoms with Crippen molar-refractivity contribution in [2.45, 2.75) is 19.4 Å². The number of carbonyl (C=O) groups excluding carboxylic acids is 1. The fourth-order valence-electron chi connectivity index (χ4n) is 1.83. The van der Waals surface area contributed by atoms with Crippen LogP contribution in [0.4, 0.5) is 0 Å². The summed E-state index contributed by atoms with van der Waals surface area (Å²) in [4.78, 5) is 13.5. The Labute approximate surface area is 106 Å². The topological polar surface area (TPSA) is 40.5 Å². The van der Waals surface area contributed by atoms with E-state index >= 15 is 0 Å². The van der Waals surface area contributed by atoms with Gasteiger partial charge in [-0.05, 0) is 36.5 Å². The molecule has 0 unspecified atom stereocenters. The molecule has 1 fully saturated rings. The van der Waals surface area contributed by atoms with Crippen molar-refractivity contribution in [1.29, 1.82) is 0 Å². The van der Waals surface area contributed by atoms with Gasteiger partial charge in [-0.3, -0.25) is 4.79 Å². The molecular weight excluding hydrogens is 238 g/mol. The molecule has 1 aromatic carbocycles. The van der Waals surface area contributed by atoms with Crippen LogP contribution >= 0.6 is 11.6 Å². The van der Waals surface area contributed by atoms with Crippen molar-refractivity contribution in [3.05, 3.63) is 29.8 Å². The van der Waals surface area contributed by atoms with Crippen LogP contribution in [0.2, 0.25) is 0 Å². The number of aromatic hydroxyl groups is 1. The number of benzene rings is 1. The Morgan fingerprint density at radius 3 is 2.82 bits per heavy atom. The molecule has 0 aromatic heterocycles. The highest BCUT2D eigenvalue weighted by molar-refractivity contribution is 6.27. The van der Waals surface area contributed by atoms with E-state index in [4.69, 9.17) is 11.6 Å². The molecule has 0 bridgehead atoms. The van der Waals surface area contributed by atoms with E-state index in [1.54, 1.807) is 23.1 Å². The first-order chi connectivity index (χ1) is 8.19. The molecule has 17 heavy (non-hydrogen) atoms. The van der Waals surface area contributed by atoms with Crippen molar-refractivity contribution in [3.63, 3.8) is 0 Å². The number of nitrogens with zero attached hydrogens (tertiary/aromatic N) is 1. The van der Waals surface area contributed by atoms with E-state index in [1.807, 2.05) is 6.07 Å². The van der Waals surface area contributed by atoms with Gasteiger partial charge in [-0.15, -0.1) is 11.6 Å². The first-order valence-electron chi connectivity index (χ1n) is 5.80. The molecule has 4 heteroatoms. The SMILES string of the molecule is O=C(CCl)N(Cc1cccc(O)c1)CC1CC1. The van der Waals surface area contributed by atoms with Crippen molar-refractivity contribution in [1.82, 2.24) is 4.90 Å². The highest BCUT2D eigenvalue weighted by Gasteiger charge is 2.26. The van der Waals surface area contributed by atoms with Crippen LogP contribution in [0.3, 0.4) is 0 Å². The van der Waals surface area contributed by atoms with Crippen molar-refractivity contribution in [3.8, 4) is 5.75 Å². The van der Waals surface area contributed by atoms with Crippen molar-refractivity contribution >= 4 is 17.5 Å². The smallest absolute Gasteiger partial charge is 0.237 e. The number of phenolic OH excluding ortho intramolecular Hbond substituents is 1. The van der Waals surface area contributed by atoms with Crippen LogP contribution in [0.5, 0.6) is 5.75 Å². The summed E-state index contributed by atoms with van der Waals surface area (Å²) in [6, 6.07) is 6.99. The highest BCUT2D eigenvalue weighted by Crippen LogP contribution is 2.30. The van der Waals surface area contributed by atoms with E-state index in [9.17, 15) is 9.90 Å². The van der Waals surface area contributed by atoms with E-state index in [0.29, 0.717) is 12.5 Å². The van der Waals surface area contributed by atoms with Gasteiger partial charge in [-0.25, -0.2) is 0 Å². The zero-order valence-electron chi connectivity index (χ0n) is 9.60. The lowest BCUT2D eigenvalue weighted by Crippen LogP contribution is -2.33. The summed E-state index contributed by atoms with van der Waals surface area (Å²) in [7, 11) is 0. The average molecular weight is 254 g/mol. The molecule has 3 nitrogen and oxygen atoms in total. The maximum atomic E-state index is 11.7. The summed E-state index contributed by atoms with van der Waals surface area (Å²) in [6.45, 7) is 1.30. The van der Waals surface area contributed by atoms with E-state index in [-0.39, 0.29) is 17.5 Å². The summed E-state index contributed by atoms with van der Waals surface area (Å²) >= 11 is 5.61. The Balaban J connectivity index is 2.02. The summed E-state index contributed by atoms with van der Waals surface area (Å²) in [5.74, 6) is 0.847.